The molecule has 0 saturated heterocycles. The molecular formula is C9H12N4OS. The van der Waals surface area contributed by atoms with Gasteiger partial charge >= 0.3 is 0 Å². The lowest BCUT2D eigenvalue weighted by molar-refractivity contribution is -0.116. The first-order valence-electron chi connectivity index (χ1n) is 5.32. The van der Waals surface area contributed by atoms with Crippen molar-refractivity contribution in [2.45, 2.75) is 48.6 Å². The van der Waals surface area contributed by atoms with E-state index in [0.717, 1.165) is 37.3 Å². The third-order valence-electron chi connectivity index (χ3n) is 2.85. The van der Waals surface area contributed by atoms with E-state index in [4.69, 9.17) is 0 Å². The van der Waals surface area contributed by atoms with Crippen LogP contribution >= 0.6 is 11.8 Å². The molecule has 0 N–H and O–H groups in total. The standard InChI is InChI=1S/C9H12N4OS/c14-7-2-1-3-8(7)15-9-10-11-12-13(9)6-4-5-6/h6,8H,1-5H2. The highest BCUT2D eigenvalue weighted by molar-refractivity contribution is 8.00. The van der Waals surface area contributed by atoms with Crippen molar-refractivity contribution in [3.05, 3.63) is 0 Å². The number of nitrogens with zero attached hydrogens (tertiary/aromatic N) is 4. The molecule has 1 aromatic rings. The van der Waals surface area contributed by atoms with Gasteiger partial charge in [0.05, 0.1) is 11.3 Å². The molecular weight excluding hydrogens is 212 g/mol. The van der Waals surface area contributed by atoms with Crippen molar-refractivity contribution in [1.82, 2.24) is 20.2 Å². The van der Waals surface area contributed by atoms with Gasteiger partial charge in [-0.1, -0.05) is 11.8 Å². The second-order valence-electron chi connectivity index (χ2n) is 4.10. The van der Waals surface area contributed by atoms with E-state index >= 15 is 0 Å². The van der Waals surface area contributed by atoms with Crippen LogP contribution in [0.3, 0.4) is 0 Å². The van der Waals surface area contributed by atoms with Gasteiger partial charge in [0.25, 0.3) is 0 Å². The van der Waals surface area contributed by atoms with Gasteiger partial charge in [0, 0.05) is 6.42 Å². The number of rotatable bonds is 3. The molecule has 2 fully saturated rings. The SMILES string of the molecule is O=C1CCCC1Sc1nnnn1C1CC1. The van der Waals surface area contributed by atoms with Gasteiger partial charge in [-0.05, 0) is 36.1 Å². The van der Waals surface area contributed by atoms with E-state index in [1.807, 2.05) is 4.68 Å². The number of thioether (sulfide) groups is 1. The van der Waals surface area contributed by atoms with E-state index in [1.54, 1.807) is 0 Å². The normalized spacial score (nSPS) is 26.1. The van der Waals surface area contributed by atoms with Gasteiger partial charge in [0.1, 0.15) is 5.78 Å². The second-order valence-corrected chi connectivity index (χ2v) is 5.27. The predicted molar refractivity (Wildman–Crippen MR) is 54.6 cm³/mol. The molecule has 0 aliphatic heterocycles. The first-order valence-corrected chi connectivity index (χ1v) is 6.20. The molecule has 2 aliphatic rings. The maximum atomic E-state index is 11.5. The third kappa shape index (κ3) is 1.78. The first kappa shape index (κ1) is 9.33. The summed E-state index contributed by atoms with van der Waals surface area (Å²) in [5.41, 5.74) is 0. The summed E-state index contributed by atoms with van der Waals surface area (Å²) in [5.74, 6) is 0.352. The fraction of sp³-hybridized carbons (Fsp3) is 0.778. The van der Waals surface area contributed by atoms with E-state index in [0.29, 0.717) is 11.8 Å². The number of ketones is 1. The summed E-state index contributed by atoms with van der Waals surface area (Å²) >= 11 is 1.54. The van der Waals surface area contributed by atoms with Crippen molar-refractivity contribution in [2.24, 2.45) is 0 Å². The Hall–Kier alpha value is -0.910. The number of hydrogen-bond donors (Lipinski definition) is 0. The summed E-state index contributed by atoms with van der Waals surface area (Å²) in [6.07, 6.45) is 5.04. The van der Waals surface area contributed by atoms with Crippen LogP contribution in [0.4, 0.5) is 0 Å². The molecule has 0 amide bonds. The van der Waals surface area contributed by atoms with Crippen LogP contribution in [0.5, 0.6) is 0 Å². The molecule has 3 rings (SSSR count). The van der Waals surface area contributed by atoms with Crippen molar-refractivity contribution in [3.8, 4) is 0 Å². The lowest BCUT2D eigenvalue weighted by Crippen LogP contribution is -2.10. The zero-order valence-electron chi connectivity index (χ0n) is 8.30. The molecule has 6 heteroatoms. The average Bonchev–Trinajstić information content (AvgIpc) is 2.85. The lowest BCUT2D eigenvalue weighted by atomic mass is 10.3. The largest absolute Gasteiger partial charge is 0.298 e. The molecule has 0 spiro atoms. The Morgan fingerprint density at radius 1 is 1.33 bits per heavy atom. The number of aromatic nitrogens is 4. The van der Waals surface area contributed by atoms with Crippen molar-refractivity contribution >= 4 is 17.5 Å². The fourth-order valence-corrected chi connectivity index (χ4v) is 3.01. The Kier molecular flexibility index (Phi) is 2.23. The fourth-order valence-electron chi connectivity index (χ4n) is 1.85. The topological polar surface area (TPSA) is 60.7 Å². The molecule has 0 bridgehead atoms. The highest BCUT2D eigenvalue weighted by Gasteiger charge is 2.31. The van der Waals surface area contributed by atoms with Gasteiger partial charge in [-0.3, -0.25) is 4.79 Å². The van der Waals surface area contributed by atoms with Crippen LogP contribution in [0.25, 0.3) is 0 Å². The number of Topliss-reactive ketones (excluding diaryl/α,β-unsaturated/α-hetero) is 1. The molecule has 5 nitrogen and oxygen atoms in total. The van der Waals surface area contributed by atoms with Gasteiger partial charge in [0.2, 0.25) is 5.16 Å². The monoisotopic (exact) mass is 224 g/mol. The van der Waals surface area contributed by atoms with Crippen LogP contribution in [0.2, 0.25) is 0 Å². The minimum Gasteiger partial charge on any atom is -0.298 e. The van der Waals surface area contributed by atoms with E-state index in [9.17, 15) is 4.79 Å². The van der Waals surface area contributed by atoms with E-state index < -0.39 is 0 Å². The zero-order chi connectivity index (χ0) is 10.3. The Morgan fingerprint density at radius 2 is 2.20 bits per heavy atom. The van der Waals surface area contributed by atoms with Gasteiger partial charge < -0.3 is 0 Å². The van der Waals surface area contributed by atoms with Crippen LogP contribution in [0.15, 0.2) is 5.16 Å². The van der Waals surface area contributed by atoms with Crippen LogP contribution in [-0.4, -0.2) is 31.2 Å². The third-order valence-corrected chi connectivity index (χ3v) is 4.11. The Labute approximate surface area is 91.6 Å². The van der Waals surface area contributed by atoms with E-state index in [1.165, 1.54) is 11.8 Å². The second kappa shape index (κ2) is 3.59. The smallest absolute Gasteiger partial charge is 0.210 e. The Balaban J connectivity index is 1.75. The first-order chi connectivity index (χ1) is 7.34. The molecule has 15 heavy (non-hydrogen) atoms. The minimum absolute atomic E-state index is 0.0912. The maximum Gasteiger partial charge on any atom is 0.210 e. The molecule has 1 heterocycles. The van der Waals surface area contributed by atoms with E-state index in [-0.39, 0.29) is 5.25 Å². The maximum absolute atomic E-state index is 11.5. The summed E-state index contributed by atoms with van der Waals surface area (Å²) in [7, 11) is 0. The predicted octanol–water partition coefficient (Wildman–Crippen LogP) is 1.22. The van der Waals surface area contributed by atoms with Crippen molar-refractivity contribution in [2.75, 3.05) is 0 Å². The molecule has 0 aromatic carbocycles. The number of tetrazole rings is 1. The van der Waals surface area contributed by atoms with Gasteiger partial charge in [-0.25, -0.2) is 4.68 Å². The molecule has 1 atom stereocenters. The molecule has 0 radical (unpaired) electrons. The lowest BCUT2D eigenvalue weighted by Gasteiger charge is -2.06. The number of hydrogen-bond acceptors (Lipinski definition) is 5. The summed E-state index contributed by atoms with van der Waals surface area (Å²) in [6.45, 7) is 0. The van der Waals surface area contributed by atoms with Crippen LogP contribution < -0.4 is 0 Å². The number of carbonyl (C=O) groups is 1. The average molecular weight is 224 g/mol. The zero-order valence-corrected chi connectivity index (χ0v) is 9.11. The summed E-state index contributed by atoms with van der Waals surface area (Å²) in [4.78, 5) is 11.5. The van der Waals surface area contributed by atoms with Crippen molar-refractivity contribution in [3.63, 3.8) is 0 Å². The van der Waals surface area contributed by atoms with E-state index in [2.05, 4.69) is 15.5 Å². The molecule has 1 unspecified atom stereocenters. The van der Waals surface area contributed by atoms with Crippen LogP contribution in [0.1, 0.15) is 38.1 Å². The summed E-state index contributed by atoms with van der Waals surface area (Å²) in [5, 5.41) is 12.5. The summed E-state index contributed by atoms with van der Waals surface area (Å²) in [6, 6.07) is 0.485. The Bertz CT molecular complexity index is 387. The minimum atomic E-state index is 0.0912. The van der Waals surface area contributed by atoms with Gasteiger partial charge in [0.15, 0.2) is 0 Å². The molecule has 1 aromatic heterocycles. The van der Waals surface area contributed by atoms with Crippen LogP contribution in [0, 0.1) is 0 Å². The quantitative estimate of drug-likeness (QED) is 0.772. The van der Waals surface area contributed by atoms with Gasteiger partial charge in [-0.15, -0.1) is 5.10 Å². The molecule has 2 aliphatic carbocycles. The van der Waals surface area contributed by atoms with Crippen molar-refractivity contribution in [1.29, 1.82) is 0 Å². The van der Waals surface area contributed by atoms with Crippen LogP contribution in [-0.2, 0) is 4.79 Å². The highest BCUT2D eigenvalue weighted by Crippen LogP contribution is 2.38. The molecule has 2 saturated carbocycles. The van der Waals surface area contributed by atoms with Crippen molar-refractivity contribution < 1.29 is 4.79 Å². The highest BCUT2D eigenvalue weighted by atomic mass is 32.2. The van der Waals surface area contributed by atoms with Gasteiger partial charge in [-0.2, -0.15) is 0 Å². The summed E-state index contributed by atoms with van der Waals surface area (Å²) < 4.78 is 1.87. The number of carbonyl (C=O) groups excluding carboxylic acids is 1. The Morgan fingerprint density at radius 3 is 2.87 bits per heavy atom. The molecule has 80 valence electrons.